The van der Waals surface area contributed by atoms with Crippen LogP contribution in [0.2, 0.25) is 0 Å². The molecule has 4 rings (SSSR count). The maximum atomic E-state index is 13.3. The van der Waals surface area contributed by atoms with E-state index in [0.717, 1.165) is 4.70 Å². The summed E-state index contributed by atoms with van der Waals surface area (Å²) in [6.45, 7) is 1.05. The number of carbonyl (C=O) groups excluding carboxylic acids is 1. The summed E-state index contributed by atoms with van der Waals surface area (Å²) in [6.07, 6.45) is 1.34. The van der Waals surface area contributed by atoms with Crippen molar-refractivity contribution in [3.05, 3.63) is 54.1 Å². The van der Waals surface area contributed by atoms with Crippen LogP contribution in [0.1, 0.15) is 12.8 Å². The summed E-state index contributed by atoms with van der Waals surface area (Å²) >= 11 is 1.32. The van der Waals surface area contributed by atoms with Gasteiger partial charge in [0.05, 0.1) is 10.2 Å². The Morgan fingerprint density at radius 3 is 2.57 bits per heavy atom. The summed E-state index contributed by atoms with van der Waals surface area (Å²) in [6, 6.07) is 10.0. The first-order valence-corrected chi connectivity index (χ1v) is 9.77. The zero-order chi connectivity index (χ0) is 19.5. The lowest BCUT2D eigenvalue weighted by Gasteiger charge is -2.31. The van der Waals surface area contributed by atoms with Crippen molar-refractivity contribution >= 4 is 27.5 Å². The first-order valence-electron chi connectivity index (χ1n) is 8.96. The van der Waals surface area contributed by atoms with Gasteiger partial charge >= 0.3 is 0 Å². The summed E-state index contributed by atoms with van der Waals surface area (Å²) in [5.74, 6) is -0.296. The van der Waals surface area contributed by atoms with E-state index in [0.29, 0.717) is 42.4 Å². The quantitative estimate of drug-likeness (QED) is 0.645. The highest BCUT2D eigenvalue weighted by atomic mass is 32.1. The van der Waals surface area contributed by atoms with Gasteiger partial charge in [0.2, 0.25) is 0 Å². The first-order chi connectivity index (χ1) is 13.6. The number of amides is 1. The third kappa shape index (κ3) is 4.39. The number of nitrogens with zero attached hydrogens (tertiary/aromatic N) is 2. The molecule has 0 radical (unpaired) electrons. The van der Waals surface area contributed by atoms with E-state index in [1.807, 2.05) is 0 Å². The molecule has 0 atom stereocenters. The highest BCUT2D eigenvalue weighted by Crippen LogP contribution is 2.30. The molecule has 2 heterocycles. The van der Waals surface area contributed by atoms with Gasteiger partial charge in [0.25, 0.3) is 11.1 Å². The lowest BCUT2D eigenvalue weighted by Crippen LogP contribution is -2.43. The molecule has 3 aromatic rings. The van der Waals surface area contributed by atoms with Crippen molar-refractivity contribution in [2.45, 2.75) is 18.9 Å². The summed E-state index contributed by atoms with van der Waals surface area (Å²) in [7, 11) is 0. The predicted octanol–water partition coefficient (Wildman–Crippen LogP) is 4.02. The zero-order valence-electron chi connectivity index (χ0n) is 14.9. The van der Waals surface area contributed by atoms with E-state index in [4.69, 9.17) is 9.47 Å². The van der Waals surface area contributed by atoms with Crippen molar-refractivity contribution in [3.63, 3.8) is 0 Å². The number of hydrogen-bond acceptors (Lipinski definition) is 5. The van der Waals surface area contributed by atoms with Crippen LogP contribution < -0.4 is 9.47 Å². The van der Waals surface area contributed by atoms with Gasteiger partial charge in [0.1, 0.15) is 23.5 Å². The van der Waals surface area contributed by atoms with E-state index in [2.05, 4.69) is 4.98 Å². The van der Waals surface area contributed by atoms with Gasteiger partial charge in [-0.05, 0) is 42.5 Å². The molecular weight excluding hydrogens is 386 g/mol. The van der Waals surface area contributed by atoms with E-state index in [1.165, 1.54) is 47.7 Å². The van der Waals surface area contributed by atoms with Gasteiger partial charge in [-0.1, -0.05) is 11.3 Å². The molecule has 8 heteroatoms. The SMILES string of the molecule is O=C(COc1ccc(F)cc1)N1CCC(Oc2nc3ccc(F)cc3s2)CC1. The molecule has 1 saturated heterocycles. The maximum absolute atomic E-state index is 13.3. The van der Waals surface area contributed by atoms with Crippen LogP contribution in [0.15, 0.2) is 42.5 Å². The molecule has 1 aromatic heterocycles. The highest BCUT2D eigenvalue weighted by Gasteiger charge is 2.25. The molecule has 1 aliphatic heterocycles. The summed E-state index contributed by atoms with van der Waals surface area (Å²) in [5.41, 5.74) is 0.715. The number of fused-ring (bicyclic) bond motifs is 1. The Hall–Kier alpha value is -2.74. The number of aromatic nitrogens is 1. The normalized spacial score (nSPS) is 15.0. The van der Waals surface area contributed by atoms with Crippen molar-refractivity contribution in [1.29, 1.82) is 0 Å². The second kappa shape index (κ2) is 8.10. The molecule has 1 fully saturated rings. The number of benzene rings is 2. The molecule has 2 aromatic carbocycles. The number of likely N-dealkylation sites (tertiary alicyclic amines) is 1. The molecule has 0 saturated carbocycles. The topological polar surface area (TPSA) is 51.7 Å². The van der Waals surface area contributed by atoms with E-state index in [1.54, 1.807) is 11.0 Å². The Balaban J connectivity index is 1.26. The number of halogens is 2. The number of ether oxygens (including phenoxy) is 2. The van der Waals surface area contributed by atoms with Crippen molar-refractivity contribution in [2.24, 2.45) is 0 Å². The average molecular weight is 404 g/mol. The molecule has 0 unspecified atom stereocenters. The molecule has 5 nitrogen and oxygen atoms in total. The third-order valence-corrected chi connectivity index (χ3v) is 5.48. The van der Waals surface area contributed by atoms with Crippen LogP contribution in [-0.2, 0) is 4.79 Å². The van der Waals surface area contributed by atoms with Crippen molar-refractivity contribution in [1.82, 2.24) is 9.88 Å². The van der Waals surface area contributed by atoms with Gasteiger partial charge < -0.3 is 14.4 Å². The first kappa shape index (κ1) is 18.6. The number of hydrogen-bond donors (Lipinski definition) is 0. The fraction of sp³-hybridized carbons (Fsp3) is 0.300. The largest absolute Gasteiger partial charge is 0.484 e. The molecule has 0 N–H and O–H groups in total. The summed E-state index contributed by atoms with van der Waals surface area (Å²) in [5, 5.41) is 0.519. The van der Waals surface area contributed by atoms with E-state index in [9.17, 15) is 13.6 Å². The standard InChI is InChI=1S/C20H18F2N2O3S/c21-13-1-4-15(5-2-13)26-12-19(25)24-9-7-16(8-10-24)27-20-23-17-6-3-14(22)11-18(17)28-20/h1-6,11,16H,7-10,12H2. The number of rotatable bonds is 5. The second-order valence-corrected chi connectivity index (χ2v) is 7.53. The van der Waals surface area contributed by atoms with Gasteiger partial charge in [-0.15, -0.1) is 0 Å². The van der Waals surface area contributed by atoms with Gasteiger partial charge in [-0.2, -0.15) is 0 Å². The van der Waals surface area contributed by atoms with E-state index >= 15 is 0 Å². The fourth-order valence-corrected chi connectivity index (χ4v) is 3.97. The lowest BCUT2D eigenvalue weighted by atomic mass is 10.1. The van der Waals surface area contributed by atoms with Crippen LogP contribution in [0, 0.1) is 11.6 Å². The van der Waals surface area contributed by atoms with Gasteiger partial charge in [-0.3, -0.25) is 4.79 Å². The molecular formula is C20H18F2N2O3S. The number of thiazole rings is 1. The lowest BCUT2D eigenvalue weighted by molar-refractivity contribution is -0.135. The minimum absolute atomic E-state index is 0.0347. The molecule has 1 amide bonds. The zero-order valence-corrected chi connectivity index (χ0v) is 15.8. The Morgan fingerprint density at radius 1 is 1.11 bits per heavy atom. The minimum Gasteiger partial charge on any atom is -0.484 e. The third-order valence-electron chi connectivity index (χ3n) is 4.57. The van der Waals surface area contributed by atoms with E-state index in [-0.39, 0.29) is 30.3 Å². The molecule has 28 heavy (non-hydrogen) atoms. The van der Waals surface area contributed by atoms with Crippen molar-refractivity contribution in [3.8, 4) is 10.9 Å². The Labute approximate surface area is 164 Å². The summed E-state index contributed by atoms with van der Waals surface area (Å²) < 4.78 is 38.3. The molecule has 0 spiro atoms. The Morgan fingerprint density at radius 2 is 1.82 bits per heavy atom. The monoisotopic (exact) mass is 404 g/mol. The summed E-state index contributed by atoms with van der Waals surface area (Å²) in [4.78, 5) is 18.4. The van der Waals surface area contributed by atoms with Gasteiger partial charge in [-0.25, -0.2) is 13.8 Å². The molecule has 0 bridgehead atoms. The molecule has 1 aliphatic rings. The predicted molar refractivity (Wildman–Crippen MR) is 102 cm³/mol. The van der Waals surface area contributed by atoms with Crippen LogP contribution in [0.4, 0.5) is 8.78 Å². The van der Waals surface area contributed by atoms with Gasteiger partial charge in [0.15, 0.2) is 6.61 Å². The van der Waals surface area contributed by atoms with Crippen LogP contribution in [-0.4, -0.2) is 41.6 Å². The van der Waals surface area contributed by atoms with Crippen molar-refractivity contribution in [2.75, 3.05) is 19.7 Å². The van der Waals surface area contributed by atoms with E-state index < -0.39 is 0 Å². The maximum Gasteiger partial charge on any atom is 0.274 e. The fourth-order valence-electron chi connectivity index (χ4n) is 3.06. The second-order valence-electron chi connectivity index (χ2n) is 6.53. The molecule has 146 valence electrons. The minimum atomic E-state index is -0.348. The smallest absolute Gasteiger partial charge is 0.274 e. The van der Waals surface area contributed by atoms with Crippen LogP contribution >= 0.6 is 11.3 Å². The van der Waals surface area contributed by atoms with Crippen LogP contribution in [0.5, 0.6) is 10.9 Å². The highest BCUT2D eigenvalue weighted by molar-refractivity contribution is 7.20. The van der Waals surface area contributed by atoms with Crippen LogP contribution in [0.25, 0.3) is 10.2 Å². The number of carbonyl (C=O) groups is 1. The Bertz CT molecular complexity index is 969. The Kier molecular flexibility index (Phi) is 5.38. The van der Waals surface area contributed by atoms with Gasteiger partial charge in [0, 0.05) is 25.9 Å². The average Bonchev–Trinajstić information content (AvgIpc) is 3.09. The number of piperidine rings is 1. The molecule has 0 aliphatic carbocycles. The van der Waals surface area contributed by atoms with Crippen molar-refractivity contribution < 1.29 is 23.0 Å². The van der Waals surface area contributed by atoms with Crippen LogP contribution in [0.3, 0.4) is 0 Å².